The van der Waals surface area contributed by atoms with E-state index in [-0.39, 0.29) is 12.1 Å². The first-order valence-electron chi connectivity index (χ1n) is 7.65. The number of nitrogens with zero attached hydrogens (tertiary/aromatic N) is 1. The average molecular weight is 276 g/mol. The Bertz CT molecular complexity index is 459. The fourth-order valence-corrected chi connectivity index (χ4v) is 3.08. The predicted octanol–water partition coefficient (Wildman–Crippen LogP) is 2.59. The summed E-state index contributed by atoms with van der Waals surface area (Å²) >= 11 is 0. The smallest absolute Gasteiger partial charge is 0.0896 e. The maximum Gasteiger partial charge on any atom is 0.0896 e. The van der Waals surface area contributed by atoms with Crippen LogP contribution in [0, 0.1) is 20.8 Å². The molecule has 1 aliphatic rings. The summed E-state index contributed by atoms with van der Waals surface area (Å²) in [7, 11) is 2.04. The SMILES string of the molecule is CCN1CCOC(C(NC)c2cc(C)c(C)cc2C)C1. The maximum atomic E-state index is 6.04. The number of rotatable bonds is 4. The Hall–Kier alpha value is -0.900. The minimum atomic E-state index is 0.231. The van der Waals surface area contributed by atoms with E-state index in [0.29, 0.717) is 0 Å². The first kappa shape index (κ1) is 15.5. The second-order valence-electron chi connectivity index (χ2n) is 5.86. The molecule has 1 heterocycles. The number of aryl methyl sites for hydroxylation is 3. The van der Waals surface area contributed by atoms with Gasteiger partial charge in [0.15, 0.2) is 0 Å². The molecule has 2 unspecified atom stereocenters. The van der Waals surface area contributed by atoms with E-state index in [2.05, 4.69) is 50.0 Å². The van der Waals surface area contributed by atoms with Crippen LogP contribution in [0.5, 0.6) is 0 Å². The van der Waals surface area contributed by atoms with Crippen LogP contribution in [0.2, 0.25) is 0 Å². The topological polar surface area (TPSA) is 24.5 Å². The summed E-state index contributed by atoms with van der Waals surface area (Å²) in [6.45, 7) is 12.8. The Kier molecular flexibility index (Phi) is 5.19. The standard InChI is InChI=1S/C17H28N2O/c1-6-19-7-8-20-16(11-19)17(18-5)15-10-13(3)12(2)9-14(15)4/h9-10,16-18H,6-8,11H2,1-5H3. The van der Waals surface area contributed by atoms with Crippen molar-refractivity contribution in [2.24, 2.45) is 0 Å². The largest absolute Gasteiger partial charge is 0.374 e. The molecule has 0 spiro atoms. The zero-order valence-electron chi connectivity index (χ0n) is 13.5. The van der Waals surface area contributed by atoms with Gasteiger partial charge in [-0.05, 0) is 56.6 Å². The highest BCUT2D eigenvalue weighted by Gasteiger charge is 2.28. The van der Waals surface area contributed by atoms with Gasteiger partial charge >= 0.3 is 0 Å². The molecule has 112 valence electrons. The van der Waals surface area contributed by atoms with Crippen molar-refractivity contribution < 1.29 is 4.74 Å². The molecule has 20 heavy (non-hydrogen) atoms. The lowest BCUT2D eigenvalue weighted by Crippen LogP contribution is -2.47. The Balaban J connectivity index is 2.25. The molecule has 1 aromatic carbocycles. The van der Waals surface area contributed by atoms with E-state index in [1.165, 1.54) is 22.3 Å². The minimum absolute atomic E-state index is 0.231. The summed E-state index contributed by atoms with van der Waals surface area (Å²) < 4.78 is 6.04. The van der Waals surface area contributed by atoms with Gasteiger partial charge in [-0.1, -0.05) is 19.1 Å². The van der Waals surface area contributed by atoms with E-state index >= 15 is 0 Å². The zero-order chi connectivity index (χ0) is 14.7. The molecule has 3 heteroatoms. The lowest BCUT2D eigenvalue weighted by molar-refractivity contribution is -0.0445. The second kappa shape index (κ2) is 6.70. The molecule has 1 aromatic rings. The van der Waals surface area contributed by atoms with Crippen LogP contribution in [0.15, 0.2) is 12.1 Å². The molecule has 0 aliphatic carbocycles. The third kappa shape index (κ3) is 3.22. The highest BCUT2D eigenvalue weighted by molar-refractivity contribution is 5.38. The van der Waals surface area contributed by atoms with Crippen LogP contribution in [-0.4, -0.2) is 44.3 Å². The van der Waals surface area contributed by atoms with Gasteiger partial charge < -0.3 is 10.1 Å². The van der Waals surface area contributed by atoms with Crippen LogP contribution in [0.3, 0.4) is 0 Å². The summed E-state index contributed by atoms with van der Waals surface area (Å²) in [6.07, 6.45) is 0.231. The number of likely N-dealkylation sites (N-methyl/N-ethyl adjacent to an activating group) is 2. The van der Waals surface area contributed by atoms with E-state index in [1.807, 2.05) is 7.05 Å². The number of nitrogens with one attached hydrogen (secondary N) is 1. The number of hydrogen-bond acceptors (Lipinski definition) is 3. The highest BCUT2D eigenvalue weighted by Crippen LogP contribution is 2.27. The van der Waals surface area contributed by atoms with Crippen LogP contribution < -0.4 is 5.32 Å². The van der Waals surface area contributed by atoms with Crippen molar-refractivity contribution in [2.75, 3.05) is 33.3 Å². The third-order valence-corrected chi connectivity index (χ3v) is 4.53. The molecular formula is C17H28N2O. The third-order valence-electron chi connectivity index (χ3n) is 4.53. The molecule has 2 rings (SSSR count). The molecule has 0 amide bonds. The van der Waals surface area contributed by atoms with Crippen LogP contribution in [0.4, 0.5) is 0 Å². The summed E-state index contributed by atoms with van der Waals surface area (Å²) in [5.41, 5.74) is 5.44. The maximum absolute atomic E-state index is 6.04. The van der Waals surface area contributed by atoms with Gasteiger partial charge in [-0.3, -0.25) is 4.90 Å². The van der Waals surface area contributed by atoms with Crippen molar-refractivity contribution >= 4 is 0 Å². The van der Waals surface area contributed by atoms with Gasteiger partial charge in [0, 0.05) is 13.1 Å². The van der Waals surface area contributed by atoms with E-state index in [1.54, 1.807) is 0 Å². The van der Waals surface area contributed by atoms with Crippen molar-refractivity contribution in [1.29, 1.82) is 0 Å². The van der Waals surface area contributed by atoms with Gasteiger partial charge in [0.1, 0.15) is 0 Å². The van der Waals surface area contributed by atoms with Crippen molar-refractivity contribution in [2.45, 2.75) is 39.8 Å². The first-order valence-corrected chi connectivity index (χ1v) is 7.65. The van der Waals surface area contributed by atoms with Gasteiger partial charge in [-0.25, -0.2) is 0 Å². The Morgan fingerprint density at radius 2 is 1.95 bits per heavy atom. The molecule has 1 fully saturated rings. The quantitative estimate of drug-likeness (QED) is 0.915. The van der Waals surface area contributed by atoms with E-state index in [0.717, 1.165) is 26.2 Å². The molecule has 1 N–H and O–H groups in total. The summed E-state index contributed by atoms with van der Waals surface area (Å²) in [6, 6.07) is 4.87. The first-order chi connectivity index (χ1) is 9.56. The molecule has 0 radical (unpaired) electrons. The van der Waals surface area contributed by atoms with E-state index in [4.69, 9.17) is 4.74 Å². The number of benzene rings is 1. The van der Waals surface area contributed by atoms with Gasteiger partial charge in [0.05, 0.1) is 18.8 Å². The highest BCUT2D eigenvalue weighted by atomic mass is 16.5. The van der Waals surface area contributed by atoms with Crippen molar-refractivity contribution in [3.05, 3.63) is 34.4 Å². The van der Waals surface area contributed by atoms with Crippen molar-refractivity contribution in [1.82, 2.24) is 10.2 Å². The predicted molar refractivity (Wildman–Crippen MR) is 84.3 cm³/mol. The van der Waals surface area contributed by atoms with E-state index in [9.17, 15) is 0 Å². The van der Waals surface area contributed by atoms with Crippen LogP contribution in [-0.2, 0) is 4.74 Å². The lowest BCUT2D eigenvalue weighted by atomic mass is 9.92. The molecule has 1 saturated heterocycles. The zero-order valence-corrected chi connectivity index (χ0v) is 13.5. The van der Waals surface area contributed by atoms with Crippen molar-refractivity contribution in [3.63, 3.8) is 0 Å². The Labute approximate surface area is 123 Å². The average Bonchev–Trinajstić information content (AvgIpc) is 2.45. The van der Waals surface area contributed by atoms with Gasteiger partial charge in [0.2, 0.25) is 0 Å². The Morgan fingerprint density at radius 1 is 1.25 bits per heavy atom. The number of hydrogen-bond donors (Lipinski definition) is 1. The normalized spacial score (nSPS) is 21.9. The number of morpholine rings is 1. The van der Waals surface area contributed by atoms with Crippen LogP contribution in [0.25, 0.3) is 0 Å². The van der Waals surface area contributed by atoms with Crippen LogP contribution in [0.1, 0.15) is 35.2 Å². The lowest BCUT2D eigenvalue weighted by Gasteiger charge is -2.37. The molecular weight excluding hydrogens is 248 g/mol. The van der Waals surface area contributed by atoms with E-state index < -0.39 is 0 Å². The van der Waals surface area contributed by atoms with Gasteiger partial charge in [-0.15, -0.1) is 0 Å². The monoisotopic (exact) mass is 276 g/mol. The molecule has 0 bridgehead atoms. The van der Waals surface area contributed by atoms with Crippen molar-refractivity contribution in [3.8, 4) is 0 Å². The summed E-state index contributed by atoms with van der Waals surface area (Å²) in [4.78, 5) is 2.47. The summed E-state index contributed by atoms with van der Waals surface area (Å²) in [5.74, 6) is 0. The Morgan fingerprint density at radius 3 is 2.60 bits per heavy atom. The van der Waals surface area contributed by atoms with Gasteiger partial charge in [-0.2, -0.15) is 0 Å². The van der Waals surface area contributed by atoms with Gasteiger partial charge in [0.25, 0.3) is 0 Å². The molecule has 0 saturated carbocycles. The summed E-state index contributed by atoms with van der Waals surface area (Å²) in [5, 5.41) is 3.47. The minimum Gasteiger partial charge on any atom is -0.374 e. The number of ether oxygens (including phenoxy) is 1. The molecule has 0 aromatic heterocycles. The molecule has 3 nitrogen and oxygen atoms in total. The fraction of sp³-hybridized carbons (Fsp3) is 0.647. The second-order valence-corrected chi connectivity index (χ2v) is 5.86. The molecule has 1 aliphatic heterocycles. The van der Waals surface area contributed by atoms with Crippen LogP contribution >= 0.6 is 0 Å². The molecule has 2 atom stereocenters. The fourth-order valence-electron chi connectivity index (χ4n) is 3.08.